The number of likely N-dealkylation sites (N-methyl/N-ethyl adjacent to an activating group) is 1. The van der Waals surface area contributed by atoms with Crippen molar-refractivity contribution in [1.82, 2.24) is 4.90 Å². The molecule has 0 radical (unpaired) electrons. The molecule has 5 nitrogen and oxygen atoms in total. The van der Waals surface area contributed by atoms with Gasteiger partial charge >= 0.3 is 6.09 Å². The number of carbonyl (C=O) groups excluding carboxylic acids is 2. The average molecular weight is 330 g/mol. The number of benzene rings is 1. The fourth-order valence-corrected chi connectivity index (χ4v) is 2.88. The standard InChI is InChI=1S/C19H26N2O3/c1-7-17(22)20(6)16-9-8-14-10-11-21(12-15(14)13(16)2)18(23)24-19(3,4)5/h7-9H,1,10-12H2,2-6H3. The van der Waals surface area contributed by atoms with E-state index in [0.717, 1.165) is 23.2 Å². The Morgan fingerprint density at radius 2 is 2.00 bits per heavy atom. The van der Waals surface area contributed by atoms with Gasteiger partial charge in [0.15, 0.2) is 0 Å². The van der Waals surface area contributed by atoms with Gasteiger partial charge in [-0.15, -0.1) is 0 Å². The molecule has 5 heteroatoms. The Kier molecular flexibility index (Phi) is 5.02. The first-order chi connectivity index (χ1) is 11.1. The van der Waals surface area contributed by atoms with Crippen molar-refractivity contribution < 1.29 is 14.3 Å². The third-order valence-electron chi connectivity index (χ3n) is 4.19. The molecule has 2 amide bonds. The Morgan fingerprint density at radius 3 is 2.58 bits per heavy atom. The molecular formula is C19H26N2O3. The van der Waals surface area contributed by atoms with Crippen LogP contribution < -0.4 is 4.90 Å². The molecule has 0 unspecified atom stereocenters. The molecule has 1 heterocycles. The fraction of sp³-hybridized carbons (Fsp3) is 0.474. The molecule has 130 valence electrons. The first-order valence-corrected chi connectivity index (χ1v) is 8.13. The lowest BCUT2D eigenvalue weighted by atomic mass is 9.94. The number of rotatable bonds is 2. The van der Waals surface area contributed by atoms with Crippen molar-refractivity contribution in [2.24, 2.45) is 0 Å². The molecular weight excluding hydrogens is 304 g/mol. The van der Waals surface area contributed by atoms with Crippen LogP contribution in [0.3, 0.4) is 0 Å². The van der Waals surface area contributed by atoms with E-state index in [1.54, 1.807) is 16.8 Å². The zero-order valence-corrected chi connectivity index (χ0v) is 15.2. The van der Waals surface area contributed by atoms with E-state index < -0.39 is 5.60 Å². The quantitative estimate of drug-likeness (QED) is 0.781. The van der Waals surface area contributed by atoms with Crippen molar-refractivity contribution in [1.29, 1.82) is 0 Å². The highest BCUT2D eigenvalue weighted by atomic mass is 16.6. The third kappa shape index (κ3) is 3.78. The molecule has 1 aromatic rings. The van der Waals surface area contributed by atoms with Crippen LogP contribution in [-0.4, -0.2) is 36.1 Å². The zero-order valence-electron chi connectivity index (χ0n) is 15.2. The van der Waals surface area contributed by atoms with Crippen LogP contribution >= 0.6 is 0 Å². The summed E-state index contributed by atoms with van der Waals surface area (Å²) in [7, 11) is 1.73. The van der Waals surface area contributed by atoms with E-state index >= 15 is 0 Å². The lowest BCUT2D eigenvalue weighted by Gasteiger charge is -2.33. The van der Waals surface area contributed by atoms with Gasteiger partial charge in [0, 0.05) is 25.8 Å². The first kappa shape index (κ1) is 18.0. The number of fused-ring (bicyclic) bond motifs is 1. The topological polar surface area (TPSA) is 49.9 Å². The van der Waals surface area contributed by atoms with Crippen LogP contribution in [0.25, 0.3) is 0 Å². The molecule has 0 saturated heterocycles. The van der Waals surface area contributed by atoms with Gasteiger partial charge in [-0.3, -0.25) is 4.79 Å². The molecule has 0 bridgehead atoms. The van der Waals surface area contributed by atoms with Gasteiger partial charge in [0.25, 0.3) is 0 Å². The van der Waals surface area contributed by atoms with Crippen LogP contribution in [0.5, 0.6) is 0 Å². The molecule has 2 rings (SSSR count). The van der Waals surface area contributed by atoms with Gasteiger partial charge in [0.2, 0.25) is 5.91 Å². The number of carbonyl (C=O) groups is 2. The van der Waals surface area contributed by atoms with Crippen LogP contribution in [-0.2, 0) is 22.5 Å². The van der Waals surface area contributed by atoms with Gasteiger partial charge < -0.3 is 14.5 Å². The van der Waals surface area contributed by atoms with Gasteiger partial charge in [0.05, 0.1) is 0 Å². The smallest absolute Gasteiger partial charge is 0.410 e. The molecule has 1 aromatic carbocycles. The Labute approximate surface area is 143 Å². The van der Waals surface area contributed by atoms with Crippen LogP contribution in [0, 0.1) is 6.92 Å². The third-order valence-corrected chi connectivity index (χ3v) is 4.19. The SMILES string of the molecule is C=CC(=O)N(C)c1ccc2c(c1C)CN(C(=O)OC(C)(C)C)CC2. The number of nitrogens with zero attached hydrogens (tertiary/aromatic N) is 2. The minimum Gasteiger partial charge on any atom is -0.444 e. The van der Waals surface area contributed by atoms with Gasteiger partial charge in [0.1, 0.15) is 5.60 Å². The van der Waals surface area contributed by atoms with Crippen LogP contribution in [0.4, 0.5) is 10.5 Å². The van der Waals surface area contributed by atoms with Gasteiger partial charge in [-0.25, -0.2) is 4.79 Å². The number of ether oxygens (including phenoxy) is 1. The monoisotopic (exact) mass is 330 g/mol. The predicted molar refractivity (Wildman–Crippen MR) is 95.1 cm³/mol. The molecule has 0 saturated carbocycles. The fourth-order valence-electron chi connectivity index (χ4n) is 2.88. The van der Waals surface area contributed by atoms with E-state index in [-0.39, 0.29) is 12.0 Å². The summed E-state index contributed by atoms with van der Waals surface area (Å²) in [5, 5.41) is 0. The van der Waals surface area contributed by atoms with Gasteiger partial charge in [-0.1, -0.05) is 12.6 Å². The van der Waals surface area contributed by atoms with Crippen LogP contribution in [0.2, 0.25) is 0 Å². The van der Waals surface area contributed by atoms with Crippen molar-refractivity contribution in [2.75, 3.05) is 18.5 Å². The Balaban J connectivity index is 2.28. The highest BCUT2D eigenvalue weighted by molar-refractivity contribution is 6.01. The Hall–Kier alpha value is -2.30. The second kappa shape index (κ2) is 6.67. The van der Waals surface area contributed by atoms with Gasteiger partial charge in [-0.05, 0) is 62.9 Å². The summed E-state index contributed by atoms with van der Waals surface area (Å²) in [6.45, 7) is 12.2. The second-order valence-electron chi connectivity index (χ2n) is 7.10. The zero-order chi connectivity index (χ0) is 18.1. The molecule has 0 aliphatic carbocycles. The van der Waals surface area contributed by atoms with Crippen molar-refractivity contribution in [3.63, 3.8) is 0 Å². The highest BCUT2D eigenvalue weighted by Crippen LogP contribution is 2.30. The van der Waals surface area contributed by atoms with Crippen LogP contribution in [0.15, 0.2) is 24.8 Å². The van der Waals surface area contributed by atoms with Gasteiger partial charge in [-0.2, -0.15) is 0 Å². The second-order valence-corrected chi connectivity index (χ2v) is 7.10. The summed E-state index contributed by atoms with van der Waals surface area (Å²) >= 11 is 0. The lowest BCUT2D eigenvalue weighted by molar-refractivity contribution is -0.113. The number of amides is 2. The predicted octanol–water partition coefficient (Wildman–Crippen LogP) is 3.44. The van der Waals surface area contributed by atoms with E-state index in [2.05, 4.69) is 6.58 Å². The van der Waals surface area contributed by atoms with Crippen molar-refractivity contribution in [2.45, 2.75) is 46.3 Å². The average Bonchev–Trinajstić information content (AvgIpc) is 2.52. The summed E-state index contributed by atoms with van der Waals surface area (Å²) in [5.41, 5.74) is 3.65. The molecule has 0 atom stereocenters. The van der Waals surface area contributed by atoms with Crippen molar-refractivity contribution in [3.8, 4) is 0 Å². The Morgan fingerprint density at radius 1 is 1.33 bits per heavy atom. The minimum atomic E-state index is -0.509. The maximum Gasteiger partial charge on any atom is 0.410 e. The lowest BCUT2D eigenvalue weighted by Crippen LogP contribution is -2.40. The van der Waals surface area contributed by atoms with Crippen molar-refractivity contribution in [3.05, 3.63) is 41.5 Å². The summed E-state index contributed by atoms with van der Waals surface area (Å²) in [5.74, 6) is -0.155. The Bertz CT molecular complexity index is 674. The molecule has 0 aromatic heterocycles. The normalized spacial score (nSPS) is 14.0. The highest BCUT2D eigenvalue weighted by Gasteiger charge is 2.27. The maximum atomic E-state index is 12.3. The maximum absolute atomic E-state index is 12.3. The number of hydrogen-bond acceptors (Lipinski definition) is 3. The molecule has 0 N–H and O–H groups in total. The van der Waals surface area contributed by atoms with E-state index in [1.807, 2.05) is 39.8 Å². The summed E-state index contributed by atoms with van der Waals surface area (Å²) in [6.07, 6.45) is 1.79. The summed E-state index contributed by atoms with van der Waals surface area (Å²) < 4.78 is 5.47. The molecule has 24 heavy (non-hydrogen) atoms. The van der Waals surface area contributed by atoms with E-state index in [9.17, 15) is 9.59 Å². The van der Waals surface area contributed by atoms with E-state index in [1.165, 1.54) is 11.6 Å². The van der Waals surface area contributed by atoms with E-state index in [0.29, 0.717) is 13.1 Å². The largest absolute Gasteiger partial charge is 0.444 e. The first-order valence-electron chi connectivity index (χ1n) is 8.13. The molecule has 1 aliphatic rings. The number of anilines is 1. The summed E-state index contributed by atoms with van der Waals surface area (Å²) in [6, 6.07) is 4.00. The van der Waals surface area contributed by atoms with Crippen molar-refractivity contribution >= 4 is 17.7 Å². The molecule has 0 spiro atoms. The van der Waals surface area contributed by atoms with Crippen LogP contribution in [0.1, 0.15) is 37.5 Å². The minimum absolute atomic E-state index is 0.155. The molecule has 0 fully saturated rings. The molecule has 1 aliphatic heterocycles. The van der Waals surface area contributed by atoms with E-state index in [4.69, 9.17) is 4.74 Å². The summed E-state index contributed by atoms with van der Waals surface area (Å²) in [4.78, 5) is 27.5. The number of hydrogen-bond donors (Lipinski definition) is 0.